The Hall–Kier alpha value is 3.61. The smallest absolute Gasteiger partial charge is 0.316 e. The molecule has 0 atom stereocenters. The van der Waals surface area contributed by atoms with Crippen molar-refractivity contribution in [3.63, 3.8) is 0 Å². The zero-order chi connectivity index (χ0) is 4.50. The summed E-state index contributed by atoms with van der Waals surface area (Å²) < 4.78 is 0. The minimum absolute atomic E-state index is 0. The number of halogens is 4. The second-order valence-corrected chi connectivity index (χ2v) is 102. The SMILES string of the molecule is [Br][Pb]([Br])([Br])[Br].[MgH2]. The van der Waals surface area contributed by atoms with Crippen LogP contribution in [0, 0.1) is 0 Å². The maximum atomic E-state index is 3.35. The van der Waals surface area contributed by atoms with Crippen LogP contribution in [-0.4, -0.2) is 34.6 Å². The van der Waals surface area contributed by atoms with Crippen molar-refractivity contribution in [2.45, 2.75) is 0 Å². The fourth-order valence-corrected chi connectivity index (χ4v) is 0. The van der Waals surface area contributed by atoms with E-state index >= 15 is 0 Å². The van der Waals surface area contributed by atoms with Crippen LogP contribution in [0.1, 0.15) is 0 Å². The first-order chi connectivity index (χ1) is 2.00. The second kappa shape index (κ2) is 5.40. The molecule has 0 aliphatic rings. The van der Waals surface area contributed by atoms with Crippen molar-refractivity contribution in [3.8, 4) is 0 Å². The van der Waals surface area contributed by atoms with Gasteiger partial charge in [-0.3, -0.25) is 0 Å². The first-order valence-corrected chi connectivity index (χ1v) is 34.5. The van der Waals surface area contributed by atoms with Crippen molar-refractivity contribution in [2.24, 2.45) is 0 Å². The standard InChI is InChI=1S/4BrH.Mg.Pb.2H/h4*1H;;;;/q;;;;;+4;;/p-4. The average molecular weight is 553 g/mol. The fraction of sp³-hybridized carbons (Fsp3) is 0. The molecule has 0 aromatic heterocycles. The quantitative estimate of drug-likeness (QED) is 0.404. The van der Waals surface area contributed by atoms with Gasteiger partial charge in [-0.25, -0.2) is 0 Å². The van der Waals surface area contributed by atoms with Crippen LogP contribution in [-0.2, 0) is 0 Å². The monoisotopic (exact) mass is 550 g/mol. The van der Waals surface area contributed by atoms with E-state index in [4.69, 9.17) is 0 Å². The zero-order valence-corrected chi connectivity index (χ0v) is 12.2. The van der Waals surface area contributed by atoms with Crippen LogP contribution in [0.15, 0.2) is 0 Å². The van der Waals surface area contributed by atoms with E-state index in [1.807, 2.05) is 0 Å². The van der Waals surface area contributed by atoms with Gasteiger partial charge in [-0.1, -0.05) is 0 Å². The summed E-state index contributed by atoms with van der Waals surface area (Å²) in [6, 6.07) is 0. The Labute approximate surface area is 80.2 Å². The third kappa shape index (κ3) is 25.5. The molecule has 0 bridgehead atoms. The van der Waals surface area contributed by atoms with E-state index in [1.165, 1.54) is 0 Å². The molecular weight excluding hydrogens is 551 g/mol. The second-order valence-electron chi connectivity index (χ2n) is 0.429. The fourth-order valence-electron chi connectivity index (χ4n) is 0. The van der Waals surface area contributed by atoms with Gasteiger partial charge >= 0.3 is 82.5 Å². The summed E-state index contributed by atoms with van der Waals surface area (Å²) in [6.07, 6.45) is 0. The average Bonchev–Trinajstić information content (AvgIpc) is 0.722. The summed E-state index contributed by atoms with van der Waals surface area (Å²) in [6.45, 7) is 0. The molecule has 0 amide bonds. The van der Waals surface area contributed by atoms with Gasteiger partial charge in [-0.15, -0.1) is 0 Å². The van der Waals surface area contributed by atoms with Gasteiger partial charge < -0.3 is 0 Å². The van der Waals surface area contributed by atoms with Crippen LogP contribution in [0.3, 0.4) is 0 Å². The van der Waals surface area contributed by atoms with Gasteiger partial charge in [0.25, 0.3) is 0 Å². The molecule has 0 fully saturated rings. The van der Waals surface area contributed by atoms with Crippen molar-refractivity contribution >= 4 is 82.5 Å². The van der Waals surface area contributed by atoms with Crippen LogP contribution >= 0.6 is 47.9 Å². The first-order valence-electron chi connectivity index (χ1n) is 0.756. The predicted molar refractivity (Wildman–Crippen MR) is 50.0 cm³/mol. The molecule has 36 valence electrons. The molecule has 0 unspecified atom stereocenters. The van der Waals surface area contributed by atoms with Gasteiger partial charge in [0.15, 0.2) is 0 Å². The van der Waals surface area contributed by atoms with Gasteiger partial charge in [0.05, 0.1) is 0 Å². The van der Waals surface area contributed by atoms with Crippen molar-refractivity contribution in [3.05, 3.63) is 0 Å². The molecule has 0 saturated carbocycles. The van der Waals surface area contributed by atoms with Gasteiger partial charge in [0.1, 0.15) is 0 Å². The van der Waals surface area contributed by atoms with Crippen LogP contribution < -0.4 is 0 Å². The van der Waals surface area contributed by atoms with E-state index < -0.39 is 11.5 Å². The molecule has 0 aromatic rings. The molecule has 0 N–H and O–H groups in total. The first kappa shape index (κ1) is 12.3. The van der Waals surface area contributed by atoms with Crippen molar-refractivity contribution in [1.29, 1.82) is 0 Å². The van der Waals surface area contributed by atoms with Crippen molar-refractivity contribution in [2.75, 3.05) is 0 Å². The summed E-state index contributed by atoms with van der Waals surface area (Å²) in [5.41, 5.74) is 0. The molecule has 0 spiro atoms. The van der Waals surface area contributed by atoms with Gasteiger partial charge in [0.2, 0.25) is 0 Å². The number of hydrogen-bond acceptors (Lipinski definition) is 0. The molecule has 0 heterocycles. The van der Waals surface area contributed by atoms with E-state index in [9.17, 15) is 0 Å². The molecule has 0 radical (unpaired) electrons. The van der Waals surface area contributed by atoms with Crippen LogP contribution in [0.2, 0.25) is 0 Å². The topological polar surface area (TPSA) is 0 Å². The summed E-state index contributed by atoms with van der Waals surface area (Å²) in [7, 11) is 0. The molecule has 0 aromatic carbocycles. The minimum atomic E-state index is -2.03. The van der Waals surface area contributed by atoms with E-state index in [1.54, 1.807) is 0 Å². The minimum Gasteiger partial charge on any atom is 0.316 e. The largest absolute Gasteiger partial charge is 0.316 e. The van der Waals surface area contributed by atoms with E-state index in [0.29, 0.717) is 0 Å². The maximum Gasteiger partial charge on any atom is 0.316 e. The summed E-state index contributed by atoms with van der Waals surface area (Å²) in [5.74, 6) is 0. The van der Waals surface area contributed by atoms with Gasteiger partial charge in [-0.05, 0) is 0 Å². The zero-order valence-electron chi connectivity index (χ0n) is 2.01. The third-order valence-corrected chi connectivity index (χ3v) is 0. The third-order valence-electron chi connectivity index (χ3n) is 0. The molecule has 6 heavy (non-hydrogen) atoms. The van der Waals surface area contributed by atoms with E-state index in [-0.39, 0.29) is 23.1 Å². The normalized spacial score (nSPS) is 10.0. The molecule has 0 saturated heterocycles. The molecule has 6 heteroatoms. The van der Waals surface area contributed by atoms with Crippen molar-refractivity contribution in [1.82, 2.24) is 0 Å². The van der Waals surface area contributed by atoms with Crippen LogP contribution in [0.25, 0.3) is 0 Å². The predicted octanol–water partition coefficient (Wildman–Crippen LogP) is 2.09. The molecular formula is H2Br4MgPb. The summed E-state index contributed by atoms with van der Waals surface area (Å²) in [4.78, 5) is 0. The molecule has 0 aliphatic carbocycles. The van der Waals surface area contributed by atoms with E-state index in [2.05, 4.69) is 47.9 Å². The number of hydrogen-bond donors (Lipinski definition) is 0. The summed E-state index contributed by atoms with van der Waals surface area (Å²) in [5, 5.41) is 0. The Balaban J connectivity index is 0. The molecule has 0 aliphatic heterocycles. The molecule has 0 rings (SSSR count). The maximum absolute atomic E-state index is 3.35. The Morgan fingerprint density at radius 3 is 0.833 bits per heavy atom. The Morgan fingerprint density at radius 1 is 0.833 bits per heavy atom. The van der Waals surface area contributed by atoms with Crippen molar-refractivity contribution < 1.29 is 0 Å². The van der Waals surface area contributed by atoms with Gasteiger partial charge in [0, 0.05) is 0 Å². The molecule has 0 nitrogen and oxygen atoms in total. The Kier molecular flexibility index (Phi) is 11.1. The Bertz CT molecular complexity index is 23.0. The Morgan fingerprint density at radius 2 is 0.833 bits per heavy atom. The van der Waals surface area contributed by atoms with Gasteiger partial charge in [-0.2, -0.15) is 0 Å². The summed E-state index contributed by atoms with van der Waals surface area (Å²) >= 11 is 11.4. The number of rotatable bonds is 0. The van der Waals surface area contributed by atoms with Crippen LogP contribution in [0.5, 0.6) is 0 Å². The van der Waals surface area contributed by atoms with E-state index in [0.717, 1.165) is 0 Å². The van der Waals surface area contributed by atoms with Crippen LogP contribution in [0.4, 0.5) is 0 Å².